The average molecular weight is 218 g/mol. The Hall–Kier alpha value is -1.15. The normalized spacial score (nSPS) is 12.3. The quantitative estimate of drug-likeness (QED) is 0.535. The predicted molar refractivity (Wildman–Crippen MR) is 69.2 cm³/mol. The van der Waals surface area contributed by atoms with E-state index in [9.17, 15) is 0 Å². The predicted octanol–water partition coefficient (Wildman–Crippen LogP) is 3.16. The van der Waals surface area contributed by atoms with Crippen molar-refractivity contribution in [3.63, 3.8) is 0 Å². The molecule has 16 heavy (non-hydrogen) atoms. The molecule has 88 valence electrons. The summed E-state index contributed by atoms with van der Waals surface area (Å²) in [4.78, 5) is 4.27. The van der Waals surface area contributed by atoms with E-state index in [1.807, 2.05) is 30.5 Å². The van der Waals surface area contributed by atoms with Gasteiger partial charge in [-0.15, -0.1) is 6.58 Å². The van der Waals surface area contributed by atoms with E-state index in [2.05, 4.69) is 23.8 Å². The van der Waals surface area contributed by atoms with E-state index in [-0.39, 0.29) is 0 Å². The van der Waals surface area contributed by atoms with Gasteiger partial charge in [0.2, 0.25) is 0 Å². The first-order valence-electron chi connectivity index (χ1n) is 6.08. The van der Waals surface area contributed by atoms with Crippen molar-refractivity contribution in [3.05, 3.63) is 42.7 Å². The molecule has 0 radical (unpaired) electrons. The summed E-state index contributed by atoms with van der Waals surface area (Å²) in [5, 5.41) is 3.43. The number of hydrogen-bond acceptors (Lipinski definition) is 2. The van der Waals surface area contributed by atoms with Crippen molar-refractivity contribution < 1.29 is 0 Å². The van der Waals surface area contributed by atoms with Gasteiger partial charge in [0.25, 0.3) is 0 Å². The number of allylic oxidation sites excluding steroid dienone is 1. The fourth-order valence-electron chi connectivity index (χ4n) is 1.75. The molecular formula is C14H22N2. The Bertz CT molecular complexity index is 282. The first-order valence-corrected chi connectivity index (χ1v) is 6.08. The highest BCUT2D eigenvalue weighted by atomic mass is 14.9. The number of aromatic nitrogens is 1. The highest BCUT2D eigenvalue weighted by Crippen LogP contribution is 2.12. The van der Waals surface area contributed by atoms with E-state index in [1.54, 1.807) is 0 Å². The van der Waals surface area contributed by atoms with Crippen LogP contribution in [0.4, 0.5) is 0 Å². The Morgan fingerprint density at radius 1 is 1.50 bits per heavy atom. The van der Waals surface area contributed by atoms with E-state index in [0.717, 1.165) is 31.1 Å². The standard InChI is InChI=1S/C14H22N2/c1-3-7-13(4-2)9-11-15-12-14-8-5-6-10-16-14/h3,5-6,8,10,13,15H,1,4,7,9,11-12H2,2H3. The second-order valence-corrected chi connectivity index (χ2v) is 4.09. The summed E-state index contributed by atoms with van der Waals surface area (Å²) in [5.74, 6) is 0.772. The molecule has 1 aromatic heterocycles. The van der Waals surface area contributed by atoms with Crippen molar-refractivity contribution in [1.82, 2.24) is 10.3 Å². The van der Waals surface area contributed by atoms with Gasteiger partial charge in [0, 0.05) is 12.7 Å². The molecule has 0 saturated carbocycles. The largest absolute Gasteiger partial charge is 0.311 e. The molecule has 1 unspecified atom stereocenters. The second kappa shape index (κ2) is 8.05. The fraction of sp³-hybridized carbons (Fsp3) is 0.500. The fourth-order valence-corrected chi connectivity index (χ4v) is 1.75. The van der Waals surface area contributed by atoms with Gasteiger partial charge in [0.05, 0.1) is 5.69 Å². The maximum absolute atomic E-state index is 4.27. The van der Waals surface area contributed by atoms with Crippen LogP contribution in [-0.4, -0.2) is 11.5 Å². The minimum Gasteiger partial charge on any atom is -0.311 e. The van der Waals surface area contributed by atoms with Crippen LogP contribution in [0.1, 0.15) is 31.9 Å². The number of nitrogens with zero attached hydrogens (tertiary/aromatic N) is 1. The molecule has 1 heterocycles. The minimum absolute atomic E-state index is 0.772. The summed E-state index contributed by atoms with van der Waals surface area (Å²) < 4.78 is 0. The van der Waals surface area contributed by atoms with Crippen molar-refractivity contribution in [3.8, 4) is 0 Å². The molecule has 0 bridgehead atoms. The molecule has 0 aliphatic heterocycles. The van der Waals surface area contributed by atoms with Crippen molar-refractivity contribution >= 4 is 0 Å². The van der Waals surface area contributed by atoms with Crippen LogP contribution in [-0.2, 0) is 6.54 Å². The smallest absolute Gasteiger partial charge is 0.0541 e. The minimum atomic E-state index is 0.772. The van der Waals surface area contributed by atoms with Crippen LogP contribution in [0.3, 0.4) is 0 Å². The van der Waals surface area contributed by atoms with Gasteiger partial charge in [0.15, 0.2) is 0 Å². The lowest BCUT2D eigenvalue weighted by Gasteiger charge is -2.12. The molecule has 0 aliphatic rings. The Morgan fingerprint density at radius 3 is 3.00 bits per heavy atom. The molecule has 1 atom stereocenters. The molecule has 1 aromatic rings. The number of hydrogen-bond donors (Lipinski definition) is 1. The van der Waals surface area contributed by atoms with E-state index in [0.29, 0.717) is 0 Å². The Kier molecular flexibility index (Phi) is 6.50. The van der Waals surface area contributed by atoms with Gasteiger partial charge >= 0.3 is 0 Å². The third-order valence-corrected chi connectivity index (χ3v) is 2.84. The van der Waals surface area contributed by atoms with Gasteiger partial charge in [-0.3, -0.25) is 4.98 Å². The summed E-state index contributed by atoms with van der Waals surface area (Å²) in [6.45, 7) is 7.96. The van der Waals surface area contributed by atoms with E-state index in [4.69, 9.17) is 0 Å². The van der Waals surface area contributed by atoms with Gasteiger partial charge in [0.1, 0.15) is 0 Å². The van der Waals surface area contributed by atoms with E-state index in [1.165, 1.54) is 12.8 Å². The topological polar surface area (TPSA) is 24.9 Å². The van der Waals surface area contributed by atoms with Gasteiger partial charge in [-0.25, -0.2) is 0 Å². The second-order valence-electron chi connectivity index (χ2n) is 4.09. The third-order valence-electron chi connectivity index (χ3n) is 2.84. The first kappa shape index (κ1) is 12.9. The zero-order valence-electron chi connectivity index (χ0n) is 10.2. The van der Waals surface area contributed by atoms with Crippen LogP contribution in [0.25, 0.3) is 0 Å². The maximum atomic E-state index is 4.27. The summed E-state index contributed by atoms with van der Waals surface area (Å²) in [6.07, 6.45) is 7.44. The highest BCUT2D eigenvalue weighted by molar-refractivity contribution is 5.02. The summed E-state index contributed by atoms with van der Waals surface area (Å²) >= 11 is 0. The molecule has 0 fully saturated rings. The Labute approximate surface area is 98.8 Å². The lowest BCUT2D eigenvalue weighted by molar-refractivity contribution is 0.455. The molecule has 0 spiro atoms. The summed E-state index contributed by atoms with van der Waals surface area (Å²) in [7, 11) is 0. The van der Waals surface area contributed by atoms with Crippen LogP contribution in [0.2, 0.25) is 0 Å². The van der Waals surface area contributed by atoms with Crippen molar-refractivity contribution in [2.24, 2.45) is 5.92 Å². The SMILES string of the molecule is C=CCC(CC)CCNCc1ccccn1. The average Bonchev–Trinajstić information content (AvgIpc) is 2.34. The van der Waals surface area contributed by atoms with Crippen LogP contribution < -0.4 is 5.32 Å². The van der Waals surface area contributed by atoms with Crippen molar-refractivity contribution in [2.45, 2.75) is 32.7 Å². The van der Waals surface area contributed by atoms with E-state index >= 15 is 0 Å². The molecule has 0 aromatic carbocycles. The molecule has 2 nitrogen and oxygen atoms in total. The zero-order chi connectivity index (χ0) is 11.6. The lowest BCUT2D eigenvalue weighted by atomic mass is 9.99. The molecule has 2 heteroatoms. The van der Waals surface area contributed by atoms with Crippen LogP contribution in [0, 0.1) is 5.92 Å². The van der Waals surface area contributed by atoms with Gasteiger partial charge in [-0.1, -0.05) is 25.5 Å². The zero-order valence-corrected chi connectivity index (χ0v) is 10.2. The number of pyridine rings is 1. The van der Waals surface area contributed by atoms with Crippen molar-refractivity contribution in [1.29, 1.82) is 0 Å². The Morgan fingerprint density at radius 2 is 2.38 bits per heavy atom. The monoisotopic (exact) mass is 218 g/mol. The highest BCUT2D eigenvalue weighted by Gasteiger charge is 2.03. The van der Waals surface area contributed by atoms with Gasteiger partial charge < -0.3 is 5.32 Å². The third kappa shape index (κ3) is 5.08. The Balaban J connectivity index is 2.13. The molecule has 0 saturated heterocycles. The van der Waals surface area contributed by atoms with Crippen LogP contribution in [0.15, 0.2) is 37.1 Å². The van der Waals surface area contributed by atoms with Gasteiger partial charge in [-0.05, 0) is 37.4 Å². The van der Waals surface area contributed by atoms with E-state index < -0.39 is 0 Å². The van der Waals surface area contributed by atoms with Gasteiger partial charge in [-0.2, -0.15) is 0 Å². The molecule has 0 amide bonds. The van der Waals surface area contributed by atoms with Crippen LogP contribution >= 0.6 is 0 Å². The van der Waals surface area contributed by atoms with Crippen molar-refractivity contribution in [2.75, 3.05) is 6.54 Å². The molecule has 1 rings (SSSR count). The maximum Gasteiger partial charge on any atom is 0.0541 e. The molecule has 0 aliphatic carbocycles. The summed E-state index contributed by atoms with van der Waals surface area (Å²) in [5.41, 5.74) is 1.11. The lowest BCUT2D eigenvalue weighted by Crippen LogP contribution is -2.18. The number of nitrogens with one attached hydrogen (secondary N) is 1. The van der Waals surface area contributed by atoms with Crippen LogP contribution in [0.5, 0.6) is 0 Å². The molecule has 1 N–H and O–H groups in total. The molecular weight excluding hydrogens is 196 g/mol. The number of rotatable bonds is 8. The first-order chi connectivity index (χ1) is 7.86. The summed E-state index contributed by atoms with van der Waals surface area (Å²) in [6, 6.07) is 6.02.